The predicted molar refractivity (Wildman–Crippen MR) is 57.3 cm³/mol. The number of hydrogen-bond acceptors (Lipinski definition) is 3. The Bertz CT molecular complexity index is 485. The zero-order chi connectivity index (χ0) is 10.7. The van der Waals surface area contributed by atoms with Crippen LogP contribution >= 0.6 is 11.3 Å². The molecule has 0 spiro atoms. The van der Waals surface area contributed by atoms with E-state index >= 15 is 0 Å². The van der Waals surface area contributed by atoms with Crippen LogP contribution in [0.1, 0.15) is 43.3 Å². The first-order valence-corrected chi connectivity index (χ1v) is 5.90. The molecule has 0 unspecified atom stereocenters. The number of hydrogen-bond donors (Lipinski definition) is 0. The number of amides is 2. The third-order valence-corrected chi connectivity index (χ3v) is 4.34. The van der Waals surface area contributed by atoms with Crippen LogP contribution in [0.3, 0.4) is 0 Å². The first kappa shape index (κ1) is 9.09. The van der Waals surface area contributed by atoms with Crippen LogP contribution in [0.5, 0.6) is 0 Å². The van der Waals surface area contributed by atoms with Gasteiger partial charge in [-0.15, -0.1) is 11.3 Å². The lowest BCUT2D eigenvalue weighted by atomic mass is 10.1. The summed E-state index contributed by atoms with van der Waals surface area (Å²) in [4.78, 5) is 27.2. The second-order valence-corrected chi connectivity index (χ2v) is 5.42. The third-order valence-electron chi connectivity index (χ3n) is 3.14. The maximum atomic E-state index is 12.0. The van der Waals surface area contributed by atoms with Gasteiger partial charge in [0, 0.05) is 10.9 Å². The van der Waals surface area contributed by atoms with E-state index in [1.54, 1.807) is 0 Å². The van der Waals surface area contributed by atoms with Crippen molar-refractivity contribution in [2.45, 2.75) is 32.7 Å². The molecule has 1 aromatic heterocycles. The van der Waals surface area contributed by atoms with Crippen molar-refractivity contribution in [2.75, 3.05) is 0 Å². The molecular weight excluding hydrogens is 210 g/mol. The fraction of sp³-hybridized carbons (Fsp3) is 0.455. The summed E-state index contributed by atoms with van der Waals surface area (Å²) in [7, 11) is 0. The molecule has 1 saturated carbocycles. The number of nitrogens with zero attached hydrogens (tertiary/aromatic N) is 1. The molecule has 2 aliphatic rings. The van der Waals surface area contributed by atoms with Gasteiger partial charge in [-0.2, -0.15) is 0 Å². The van der Waals surface area contributed by atoms with E-state index in [4.69, 9.17) is 0 Å². The van der Waals surface area contributed by atoms with Crippen LogP contribution in [-0.2, 0) is 0 Å². The monoisotopic (exact) mass is 221 g/mol. The van der Waals surface area contributed by atoms with Gasteiger partial charge in [0.15, 0.2) is 0 Å². The van der Waals surface area contributed by atoms with Crippen molar-refractivity contribution in [1.29, 1.82) is 0 Å². The summed E-state index contributed by atoms with van der Waals surface area (Å²) in [5.41, 5.74) is 1.64. The predicted octanol–water partition coefficient (Wildman–Crippen LogP) is 2.12. The van der Waals surface area contributed by atoms with Crippen molar-refractivity contribution in [3.63, 3.8) is 0 Å². The van der Waals surface area contributed by atoms with Gasteiger partial charge in [-0.25, -0.2) is 0 Å². The highest BCUT2D eigenvalue weighted by Gasteiger charge is 2.46. The summed E-state index contributed by atoms with van der Waals surface area (Å²) in [6, 6.07) is 0.185. The molecular formula is C11H11NO2S. The molecule has 2 heterocycles. The first-order chi connectivity index (χ1) is 7.11. The Morgan fingerprint density at radius 2 is 1.87 bits per heavy atom. The molecule has 0 radical (unpaired) electrons. The molecule has 0 aromatic carbocycles. The lowest BCUT2D eigenvalue weighted by Crippen LogP contribution is -2.32. The second-order valence-electron chi connectivity index (χ2n) is 4.20. The Hall–Kier alpha value is -1.16. The lowest BCUT2D eigenvalue weighted by Gasteiger charge is -2.12. The van der Waals surface area contributed by atoms with Crippen LogP contribution < -0.4 is 0 Å². The summed E-state index contributed by atoms with van der Waals surface area (Å²) in [5, 5.41) is 0. The molecule has 15 heavy (non-hydrogen) atoms. The molecule has 0 atom stereocenters. The zero-order valence-electron chi connectivity index (χ0n) is 8.66. The highest BCUT2D eigenvalue weighted by molar-refractivity contribution is 7.14. The topological polar surface area (TPSA) is 37.4 Å². The van der Waals surface area contributed by atoms with Crippen molar-refractivity contribution in [3.8, 4) is 0 Å². The van der Waals surface area contributed by atoms with E-state index in [9.17, 15) is 9.59 Å². The number of aryl methyl sites for hydroxylation is 1. The standard InChI is InChI=1S/C11H11NO2S/c1-5-6(2)15-9-8(5)10(13)12(11(9)14)7-3-4-7/h7H,3-4H2,1-2H3. The molecule has 1 aliphatic carbocycles. The van der Waals surface area contributed by atoms with E-state index in [1.165, 1.54) is 16.2 Å². The third kappa shape index (κ3) is 1.05. The average Bonchev–Trinajstić information content (AvgIpc) is 2.92. The number of carbonyl (C=O) groups is 2. The molecule has 0 bridgehead atoms. The second kappa shape index (κ2) is 2.70. The molecule has 1 aliphatic heterocycles. The smallest absolute Gasteiger partial charge is 0.270 e. The Balaban J connectivity index is 2.14. The Kier molecular flexibility index (Phi) is 1.63. The van der Waals surface area contributed by atoms with Gasteiger partial charge < -0.3 is 0 Å². The molecule has 78 valence electrons. The fourth-order valence-corrected chi connectivity index (χ4v) is 3.11. The van der Waals surface area contributed by atoms with E-state index in [0.29, 0.717) is 10.4 Å². The molecule has 4 heteroatoms. The van der Waals surface area contributed by atoms with Crippen molar-refractivity contribution in [1.82, 2.24) is 4.90 Å². The van der Waals surface area contributed by atoms with Crippen molar-refractivity contribution in [2.24, 2.45) is 0 Å². The highest BCUT2D eigenvalue weighted by Crippen LogP contribution is 2.39. The number of thiophene rings is 1. The summed E-state index contributed by atoms with van der Waals surface area (Å²) in [6.45, 7) is 3.88. The summed E-state index contributed by atoms with van der Waals surface area (Å²) in [6.07, 6.45) is 1.95. The van der Waals surface area contributed by atoms with Crippen LogP contribution in [0.25, 0.3) is 0 Å². The number of fused-ring (bicyclic) bond motifs is 1. The van der Waals surface area contributed by atoms with E-state index in [0.717, 1.165) is 23.3 Å². The van der Waals surface area contributed by atoms with Gasteiger partial charge in [0.2, 0.25) is 0 Å². The van der Waals surface area contributed by atoms with Gasteiger partial charge in [-0.3, -0.25) is 14.5 Å². The fourth-order valence-electron chi connectivity index (χ4n) is 2.02. The maximum Gasteiger partial charge on any atom is 0.271 e. The molecule has 2 amide bonds. The van der Waals surface area contributed by atoms with E-state index in [2.05, 4.69) is 0 Å². The van der Waals surface area contributed by atoms with Crippen molar-refractivity contribution in [3.05, 3.63) is 20.9 Å². The summed E-state index contributed by atoms with van der Waals surface area (Å²) in [5.74, 6) is -0.141. The van der Waals surface area contributed by atoms with Gasteiger partial charge in [0.1, 0.15) is 4.88 Å². The molecule has 0 saturated heterocycles. The number of imide groups is 1. The Morgan fingerprint density at radius 1 is 1.20 bits per heavy atom. The molecule has 3 rings (SSSR count). The number of rotatable bonds is 1. The Morgan fingerprint density at radius 3 is 2.40 bits per heavy atom. The molecule has 1 aromatic rings. The van der Waals surface area contributed by atoms with E-state index in [1.807, 2.05) is 13.8 Å². The van der Waals surface area contributed by atoms with E-state index < -0.39 is 0 Å². The van der Waals surface area contributed by atoms with E-state index in [-0.39, 0.29) is 17.9 Å². The summed E-state index contributed by atoms with van der Waals surface area (Å²) >= 11 is 1.45. The maximum absolute atomic E-state index is 12.0. The molecule has 1 fully saturated rings. The van der Waals surface area contributed by atoms with Crippen LogP contribution in [0, 0.1) is 13.8 Å². The van der Waals surface area contributed by atoms with Crippen LogP contribution in [0.15, 0.2) is 0 Å². The number of carbonyl (C=O) groups excluding carboxylic acids is 2. The van der Waals surface area contributed by atoms with Gasteiger partial charge in [-0.05, 0) is 32.3 Å². The molecule has 3 nitrogen and oxygen atoms in total. The molecule has 0 N–H and O–H groups in total. The van der Waals surface area contributed by atoms with Crippen molar-refractivity contribution < 1.29 is 9.59 Å². The van der Waals surface area contributed by atoms with Gasteiger partial charge in [0.25, 0.3) is 11.8 Å². The summed E-state index contributed by atoms with van der Waals surface area (Å²) < 4.78 is 0. The lowest BCUT2D eigenvalue weighted by molar-refractivity contribution is 0.0643. The minimum atomic E-state index is -0.0706. The normalized spacial score (nSPS) is 20.0. The van der Waals surface area contributed by atoms with Crippen molar-refractivity contribution >= 4 is 23.2 Å². The SMILES string of the molecule is Cc1sc2c(c1C)C(=O)N(C1CC1)C2=O. The van der Waals surface area contributed by atoms with Crippen LogP contribution in [-0.4, -0.2) is 22.8 Å². The highest BCUT2D eigenvalue weighted by atomic mass is 32.1. The zero-order valence-corrected chi connectivity index (χ0v) is 9.48. The first-order valence-electron chi connectivity index (χ1n) is 5.09. The largest absolute Gasteiger partial charge is 0.271 e. The minimum Gasteiger partial charge on any atom is -0.270 e. The van der Waals surface area contributed by atoms with Gasteiger partial charge >= 0.3 is 0 Å². The average molecular weight is 221 g/mol. The van der Waals surface area contributed by atoms with Gasteiger partial charge in [0.05, 0.1) is 5.56 Å². The van der Waals surface area contributed by atoms with Crippen LogP contribution in [0.2, 0.25) is 0 Å². The minimum absolute atomic E-state index is 0.0700. The Labute approximate surface area is 91.7 Å². The van der Waals surface area contributed by atoms with Gasteiger partial charge in [-0.1, -0.05) is 0 Å². The quantitative estimate of drug-likeness (QED) is 0.681. The van der Waals surface area contributed by atoms with Crippen LogP contribution in [0.4, 0.5) is 0 Å².